The lowest BCUT2D eigenvalue weighted by Gasteiger charge is -1.90. The summed E-state index contributed by atoms with van der Waals surface area (Å²) in [6, 6.07) is 4.22. The molecule has 0 aliphatic heterocycles. The number of rotatable bonds is 1. The van der Waals surface area contributed by atoms with Crippen molar-refractivity contribution >= 4 is 38.6 Å². The van der Waals surface area contributed by atoms with Crippen molar-refractivity contribution in [3.63, 3.8) is 0 Å². The third-order valence-corrected chi connectivity index (χ3v) is 3.97. The second-order valence-electron chi connectivity index (χ2n) is 2.11. The highest BCUT2D eigenvalue weighted by Crippen LogP contribution is 2.34. The van der Waals surface area contributed by atoms with Crippen LogP contribution >= 0.6 is 38.6 Å². The molecule has 0 saturated carbocycles. The van der Waals surface area contributed by atoms with Crippen LogP contribution < -0.4 is 0 Å². The van der Waals surface area contributed by atoms with Crippen LogP contribution in [0.4, 0.5) is 0 Å². The Morgan fingerprint density at radius 3 is 2.64 bits per heavy atom. The predicted octanol–water partition coefficient (Wildman–Crippen LogP) is 4.24. The first-order chi connectivity index (χ1) is 5.38. The van der Waals surface area contributed by atoms with Gasteiger partial charge in [-0.1, -0.05) is 0 Å². The van der Waals surface area contributed by atoms with Crippen molar-refractivity contribution in [1.82, 2.24) is 0 Å². The molecule has 11 heavy (non-hydrogen) atoms. The first-order valence-corrected chi connectivity index (χ1v) is 5.75. The van der Waals surface area contributed by atoms with Gasteiger partial charge in [-0.05, 0) is 44.2 Å². The van der Waals surface area contributed by atoms with Crippen molar-refractivity contribution < 1.29 is 0 Å². The topological polar surface area (TPSA) is 0 Å². The predicted molar refractivity (Wildman–Crippen MR) is 55.3 cm³/mol. The van der Waals surface area contributed by atoms with E-state index in [-0.39, 0.29) is 0 Å². The highest BCUT2D eigenvalue weighted by Gasteiger charge is 2.03. The molecule has 3 heteroatoms. The molecular weight excluding hydrogens is 240 g/mol. The smallest absolute Gasteiger partial charge is 0.0493 e. The van der Waals surface area contributed by atoms with Gasteiger partial charge in [-0.2, -0.15) is 11.3 Å². The Hall–Kier alpha value is -0.120. The van der Waals surface area contributed by atoms with Gasteiger partial charge in [0.25, 0.3) is 0 Å². The molecule has 56 valence electrons. The molecular formula is C8H5BrS2. The van der Waals surface area contributed by atoms with Gasteiger partial charge in [0.1, 0.15) is 0 Å². The van der Waals surface area contributed by atoms with Crippen LogP contribution in [0.1, 0.15) is 0 Å². The second kappa shape index (κ2) is 3.09. The zero-order chi connectivity index (χ0) is 7.68. The van der Waals surface area contributed by atoms with E-state index in [1.54, 1.807) is 22.7 Å². The van der Waals surface area contributed by atoms with Gasteiger partial charge in [-0.25, -0.2) is 0 Å². The zero-order valence-electron chi connectivity index (χ0n) is 5.58. The average Bonchev–Trinajstić information content (AvgIpc) is 2.55. The largest absolute Gasteiger partial charge is 0.152 e. The standard InChI is InChI=1S/C8H5BrS2/c9-7-2-4-11-8(7)6-1-3-10-5-6/h1-5H. The molecule has 0 aromatic carbocycles. The Morgan fingerprint density at radius 2 is 2.09 bits per heavy atom. The van der Waals surface area contributed by atoms with Crippen molar-refractivity contribution in [1.29, 1.82) is 0 Å². The van der Waals surface area contributed by atoms with E-state index in [0.717, 1.165) is 0 Å². The van der Waals surface area contributed by atoms with Crippen molar-refractivity contribution in [3.05, 3.63) is 32.7 Å². The minimum absolute atomic E-state index is 1.20. The van der Waals surface area contributed by atoms with Crippen LogP contribution in [0.15, 0.2) is 32.7 Å². The van der Waals surface area contributed by atoms with Gasteiger partial charge in [-0.3, -0.25) is 0 Å². The fourth-order valence-corrected chi connectivity index (χ4v) is 3.22. The summed E-state index contributed by atoms with van der Waals surface area (Å²) in [5.74, 6) is 0. The van der Waals surface area contributed by atoms with Gasteiger partial charge in [0, 0.05) is 14.9 Å². The Balaban J connectivity index is 2.53. The molecule has 0 bridgehead atoms. The molecule has 0 radical (unpaired) electrons. The normalized spacial score (nSPS) is 10.3. The van der Waals surface area contributed by atoms with Crippen LogP contribution in [0.5, 0.6) is 0 Å². The molecule has 0 nitrogen and oxygen atoms in total. The molecule has 0 aliphatic carbocycles. The third-order valence-electron chi connectivity index (χ3n) is 1.40. The van der Waals surface area contributed by atoms with E-state index in [0.29, 0.717) is 0 Å². The van der Waals surface area contributed by atoms with Crippen LogP contribution in [-0.2, 0) is 0 Å². The summed E-state index contributed by atoms with van der Waals surface area (Å²) in [5.41, 5.74) is 1.32. The molecule has 0 saturated heterocycles. The van der Waals surface area contributed by atoms with E-state index in [1.165, 1.54) is 14.9 Å². The molecule has 0 amide bonds. The van der Waals surface area contributed by atoms with Crippen molar-refractivity contribution in [2.24, 2.45) is 0 Å². The van der Waals surface area contributed by atoms with Gasteiger partial charge >= 0.3 is 0 Å². The Labute approximate surface area is 81.6 Å². The molecule has 0 N–H and O–H groups in total. The lowest BCUT2D eigenvalue weighted by Crippen LogP contribution is -1.63. The molecule has 0 atom stereocenters. The minimum atomic E-state index is 1.20. The second-order valence-corrected chi connectivity index (χ2v) is 4.66. The Morgan fingerprint density at radius 1 is 1.18 bits per heavy atom. The molecule has 2 aromatic heterocycles. The highest BCUT2D eigenvalue weighted by atomic mass is 79.9. The monoisotopic (exact) mass is 244 g/mol. The summed E-state index contributed by atoms with van der Waals surface area (Å²) >= 11 is 7.00. The fourth-order valence-electron chi connectivity index (χ4n) is 0.893. The number of thiophene rings is 2. The fraction of sp³-hybridized carbons (Fsp3) is 0. The van der Waals surface area contributed by atoms with Crippen LogP contribution in [-0.4, -0.2) is 0 Å². The number of halogens is 1. The minimum Gasteiger partial charge on any atom is -0.152 e. The average molecular weight is 245 g/mol. The zero-order valence-corrected chi connectivity index (χ0v) is 8.80. The number of hydrogen-bond acceptors (Lipinski definition) is 2. The van der Waals surface area contributed by atoms with E-state index in [4.69, 9.17) is 0 Å². The molecule has 2 heterocycles. The van der Waals surface area contributed by atoms with Crippen LogP contribution in [0.25, 0.3) is 10.4 Å². The van der Waals surface area contributed by atoms with E-state index in [1.807, 2.05) is 0 Å². The highest BCUT2D eigenvalue weighted by molar-refractivity contribution is 9.10. The third kappa shape index (κ3) is 1.41. The van der Waals surface area contributed by atoms with E-state index in [9.17, 15) is 0 Å². The Kier molecular flexibility index (Phi) is 2.11. The molecule has 0 aliphatic rings. The molecule has 0 spiro atoms. The molecule has 2 aromatic rings. The molecule has 0 unspecified atom stereocenters. The van der Waals surface area contributed by atoms with Crippen molar-refractivity contribution in [2.45, 2.75) is 0 Å². The summed E-state index contributed by atoms with van der Waals surface area (Å²) < 4.78 is 1.20. The van der Waals surface area contributed by atoms with E-state index in [2.05, 4.69) is 44.2 Å². The summed E-state index contributed by atoms with van der Waals surface area (Å²) in [6.45, 7) is 0. The summed E-state index contributed by atoms with van der Waals surface area (Å²) in [5, 5.41) is 6.36. The maximum atomic E-state index is 3.50. The van der Waals surface area contributed by atoms with Gasteiger partial charge in [0.15, 0.2) is 0 Å². The Bertz CT molecular complexity index is 335. The van der Waals surface area contributed by atoms with Crippen LogP contribution in [0.2, 0.25) is 0 Å². The maximum Gasteiger partial charge on any atom is 0.0493 e. The summed E-state index contributed by atoms with van der Waals surface area (Å²) in [4.78, 5) is 1.33. The molecule has 2 rings (SSSR count). The lowest BCUT2D eigenvalue weighted by molar-refractivity contribution is 1.82. The van der Waals surface area contributed by atoms with Crippen LogP contribution in [0.3, 0.4) is 0 Å². The lowest BCUT2D eigenvalue weighted by atomic mass is 10.3. The number of hydrogen-bond donors (Lipinski definition) is 0. The molecule has 0 fully saturated rings. The van der Waals surface area contributed by atoms with E-state index < -0.39 is 0 Å². The maximum absolute atomic E-state index is 3.50. The van der Waals surface area contributed by atoms with Crippen molar-refractivity contribution in [2.75, 3.05) is 0 Å². The quantitative estimate of drug-likeness (QED) is 0.704. The first-order valence-electron chi connectivity index (χ1n) is 3.13. The van der Waals surface area contributed by atoms with Gasteiger partial charge < -0.3 is 0 Å². The summed E-state index contributed by atoms with van der Waals surface area (Å²) in [6.07, 6.45) is 0. The van der Waals surface area contributed by atoms with Crippen molar-refractivity contribution in [3.8, 4) is 10.4 Å². The van der Waals surface area contributed by atoms with Gasteiger partial charge in [0.2, 0.25) is 0 Å². The van der Waals surface area contributed by atoms with Crippen LogP contribution in [0, 0.1) is 0 Å². The van der Waals surface area contributed by atoms with Gasteiger partial charge in [0.05, 0.1) is 0 Å². The SMILES string of the molecule is Brc1ccsc1-c1ccsc1. The van der Waals surface area contributed by atoms with Gasteiger partial charge in [-0.15, -0.1) is 11.3 Å². The first kappa shape index (κ1) is 7.53. The summed E-state index contributed by atoms with van der Waals surface area (Å²) in [7, 11) is 0. The van der Waals surface area contributed by atoms with E-state index >= 15 is 0 Å².